The molecule has 0 spiro atoms. The van der Waals surface area contributed by atoms with Gasteiger partial charge in [-0.05, 0) is 49.6 Å². The molecule has 5 nitrogen and oxygen atoms in total. The molecule has 1 amide bonds. The molecule has 5 heteroatoms. The molecule has 25 heavy (non-hydrogen) atoms. The van der Waals surface area contributed by atoms with E-state index in [0.717, 1.165) is 29.6 Å². The Labute approximate surface area is 145 Å². The highest BCUT2D eigenvalue weighted by Gasteiger charge is 2.18. The largest absolute Gasteiger partial charge is 0.508 e. The zero-order chi connectivity index (χ0) is 17.2. The van der Waals surface area contributed by atoms with Crippen molar-refractivity contribution in [1.82, 2.24) is 0 Å². The van der Waals surface area contributed by atoms with Gasteiger partial charge in [0.25, 0.3) is 5.91 Å². The Bertz CT molecular complexity index is 929. The quantitative estimate of drug-likeness (QED) is 0.754. The first-order chi connectivity index (χ1) is 12.2. The minimum Gasteiger partial charge on any atom is -0.508 e. The number of rotatable bonds is 4. The van der Waals surface area contributed by atoms with Crippen molar-refractivity contribution < 1.29 is 19.1 Å². The molecule has 0 saturated heterocycles. The third-order valence-corrected chi connectivity index (χ3v) is 4.43. The van der Waals surface area contributed by atoms with Crippen molar-refractivity contribution in [3.8, 4) is 11.5 Å². The van der Waals surface area contributed by atoms with Gasteiger partial charge in [-0.1, -0.05) is 6.07 Å². The molecule has 0 aliphatic heterocycles. The van der Waals surface area contributed by atoms with Crippen molar-refractivity contribution in [2.75, 3.05) is 11.9 Å². The predicted molar refractivity (Wildman–Crippen MR) is 95.1 cm³/mol. The topological polar surface area (TPSA) is 71.7 Å². The van der Waals surface area contributed by atoms with Gasteiger partial charge in [0.05, 0.1) is 0 Å². The van der Waals surface area contributed by atoms with Crippen LogP contribution in [0.15, 0.2) is 46.9 Å². The van der Waals surface area contributed by atoms with Gasteiger partial charge in [0.1, 0.15) is 22.8 Å². The fourth-order valence-corrected chi connectivity index (χ4v) is 3.26. The third kappa shape index (κ3) is 3.31. The van der Waals surface area contributed by atoms with E-state index in [4.69, 9.17) is 9.15 Å². The van der Waals surface area contributed by atoms with E-state index in [2.05, 4.69) is 5.32 Å². The van der Waals surface area contributed by atoms with Crippen molar-refractivity contribution in [2.45, 2.75) is 25.7 Å². The maximum absolute atomic E-state index is 12.0. The average Bonchev–Trinajstić information content (AvgIpc) is 2.98. The Balaban J connectivity index is 1.44. The van der Waals surface area contributed by atoms with Crippen LogP contribution in [0.3, 0.4) is 0 Å². The van der Waals surface area contributed by atoms with Crippen LogP contribution < -0.4 is 10.1 Å². The molecule has 0 radical (unpaired) electrons. The van der Waals surface area contributed by atoms with Crippen LogP contribution in [-0.2, 0) is 17.6 Å². The number of furan rings is 1. The Morgan fingerprint density at radius 1 is 1.16 bits per heavy atom. The standard InChI is InChI=1S/C20H19NO4/c22-14-5-3-4-13(10-14)21-20(23)12-24-15-8-9-19-17(11-15)16-6-1-2-7-18(16)25-19/h3-5,8-11,22H,1-2,6-7,12H2,(H,21,23). The van der Waals surface area contributed by atoms with Crippen LogP contribution in [0.2, 0.25) is 0 Å². The summed E-state index contributed by atoms with van der Waals surface area (Å²) in [4.78, 5) is 12.0. The zero-order valence-electron chi connectivity index (χ0n) is 13.7. The summed E-state index contributed by atoms with van der Waals surface area (Å²) in [6.45, 7) is -0.0960. The van der Waals surface area contributed by atoms with Crippen molar-refractivity contribution in [3.05, 3.63) is 53.8 Å². The van der Waals surface area contributed by atoms with E-state index in [-0.39, 0.29) is 18.3 Å². The zero-order valence-corrected chi connectivity index (χ0v) is 13.7. The maximum Gasteiger partial charge on any atom is 0.262 e. The summed E-state index contributed by atoms with van der Waals surface area (Å²) in [5.41, 5.74) is 2.69. The molecule has 0 saturated carbocycles. The van der Waals surface area contributed by atoms with Gasteiger partial charge in [0.15, 0.2) is 6.61 Å². The van der Waals surface area contributed by atoms with Crippen LogP contribution in [0.25, 0.3) is 11.0 Å². The summed E-state index contributed by atoms with van der Waals surface area (Å²) in [5, 5.41) is 13.2. The van der Waals surface area contributed by atoms with Crippen LogP contribution in [0.5, 0.6) is 11.5 Å². The number of benzene rings is 2. The Kier molecular flexibility index (Phi) is 4.06. The van der Waals surface area contributed by atoms with E-state index >= 15 is 0 Å². The first-order valence-corrected chi connectivity index (χ1v) is 8.45. The lowest BCUT2D eigenvalue weighted by atomic mass is 9.96. The number of hydrogen-bond acceptors (Lipinski definition) is 4. The fraction of sp³-hybridized carbons (Fsp3) is 0.250. The predicted octanol–water partition coefficient (Wildman–Crippen LogP) is 4.03. The molecule has 2 N–H and O–H groups in total. The second-order valence-corrected chi connectivity index (χ2v) is 6.26. The number of ether oxygens (including phenoxy) is 1. The van der Waals surface area contributed by atoms with Crippen LogP contribution >= 0.6 is 0 Å². The van der Waals surface area contributed by atoms with Gasteiger partial charge >= 0.3 is 0 Å². The molecule has 0 unspecified atom stereocenters. The van der Waals surface area contributed by atoms with Gasteiger partial charge in [-0.2, -0.15) is 0 Å². The molecule has 2 aromatic carbocycles. The molecule has 4 rings (SSSR count). The normalized spacial score (nSPS) is 13.4. The maximum atomic E-state index is 12.0. The average molecular weight is 337 g/mol. The second-order valence-electron chi connectivity index (χ2n) is 6.26. The highest BCUT2D eigenvalue weighted by Crippen LogP contribution is 2.33. The number of aromatic hydroxyl groups is 1. The van der Waals surface area contributed by atoms with Crippen LogP contribution in [-0.4, -0.2) is 17.6 Å². The minimum atomic E-state index is -0.278. The van der Waals surface area contributed by atoms with Gasteiger partial charge in [0.2, 0.25) is 0 Å². The molecule has 1 aromatic heterocycles. The summed E-state index contributed by atoms with van der Waals surface area (Å²) >= 11 is 0. The molecular weight excluding hydrogens is 318 g/mol. The number of carbonyl (C=O) groups excluding carboxylic acids is 1. The second kappa shape index (κ2) is 6.51. The monoisotopic (exact) mass is 337 g/mol. The molecule has 128 valence electrons. The number of nitrogens with one attached hydrogen (secondary N) is 1. The van der Waals surface area contributed by atoms with Gasteiger partial charge in [-0.3, -0.25) is 4.79 Å². The number of amides is 1. The highest BCUT2D eigenvalue weighted by atomic mass is 16.5. The number of phenols is 1. The first kappa shape index (κ1) is 15.6. The number of phenolic OH excluding ortho intramolecular Hbond substituents is 1. The van der Waals surface area contributed by atoms with E-state index in [0.29, 0.717) is 11.4 Å². The first-order valence-electron chi connectivity index (χ1n) is 8.45. The summed E-state index contributed by atoms with van der Waals surface area (Å²) in [6.07, 6.45) is 4.38. The Morgan fingerprint density at radius 2 is 2.04 bits per heavy atom. The SMILES string of the molecule is O=C(COc1ccc2oc3c(c2c1)CCCC3)Nc1cccc(O)c1. The van der Waals surface area contributed by atoms with E-state index in [1.54, 1.807) is 18.2 Å². The number of carbonyl (C=O) groups is 1. The molecule has 0 fully saturated rings. The van der Waals surface area contributed by atoms with Crippen molar-refractivity contribution >= 4 is 22.6 Å². The molecular formula is C20H19NO4. The Morgan fingerprint density at radius 3 is 2.92 bits per heavy atom. The highest BCUT2D eigenvalue weighted by molar-refractivity contribution is 5.92. The van der Waals surface area contributed by atoms with Crippen LogP contribution in [0.4, 0.5) is 5.69 Å². The Hall–Kier alpha value is -2.95. The lowest BCUT2D eigenvalue weighted by Crippen LogP contribution is -2.20. The van der Waals surface area contributed by atoms with Crippen molar-refractivity contribution in [3.63, 3.8) is 0 Å². The lowest BCUT2D eigenvalue weighted by molar-refractivity contribution is -0.118. The van der Waals surface area contributed by atoms with E-state index in [1.165, 1.54) is 24.5 Å². The third-order valence-electron chi connectivity index (χ3n) is 4.43. The number of fused-ring (bicyclic) bond motifs is 3. The molecule has 0 atom stereocenters. The van der Waals surface area contributed by atoms with Crippen LogP contribution in [0, 0.1) is 0 Å². The van der Waals surface area contributed by atoms with E-state index < -0.39 is 0 Å². The molecule has 1 aliphatic rings. The molecule has 0 bridgehead atoms. The lowest BCUT2D eigenvalue weighted by Gasteiger charge is -2.09. The van der Waals surface area contributed by atoms with E-state index in [9.17, 15) is 9.90 Å². The van der Waals surface area contributed by atoms with Gasteiger partial charge < -0.3 is 19.6 Å². The number of aryl methyl sites for hydroxylation is 2. The van der Waals surface area contributed by atoms with Gasteiger partial charge in [-0.15, -0.1) is 0 Å². The number of hydrogen-bond donors (Lipinski definition) is 2. The molecule has 3 aromatic rings. The summed E-state index contributed by atoms with van der Waals surface area (Å²) in [5.74, 6) is 1.56. The molecule has 1 aliphatic carbocycles. The smallest absolute Gasteiger partial charge is 0.262 e. The minimum absolute atomic E-state index is 0.0960. The summed E-state index contributed by atoms with van der Waals surface area (Å²) in [7, 11) is 0. The van der Waals surface area contributed by atoms with Gasteiger partial charge in [0, 0.05) is 29.1 Å². The van der Waals surface area contributed by atoms with Crippen molar-refractivity contribution in [2.24, 2.45) is 0 Å². The van der Waals surface area contributed by atoms with Crippen molar-refractivity contribution in [1.29, 1.82) is 0 Å². The van der Waals surface area contributed by atoms with Gasteiger partial charge in [-0.25, -0.2) is 0 Å². The van der Waals surface area contributed by atoms with Crippen LogP contribution in [0.1, 0.15) is 24.2 Å². The van der Waals surface area contributed by atoms with E-state index in [1.807, 2.05) is 18.2 Å². The molecule has 1 heterocycles. The fourth-order valence-electron chi connectivity index (χ4n) is 3.26. The summed E-state index contributed by atoms with van der Waals surface area (Å²) in [6, 6.07) is 12.1. The number of anilines is 1. The summed E-state index contributed by atoms with van der Waals surface area (Å²) < 4.78 is 11.5.